The van der Waals surface area contributed by atoms with Crippen molar-refractivity contribution < 1.29 is 14.3 Å². The number of carbonyl (C=O) groups excluding carboxylic acids is 1. The van der Waals surface area contributed by atoms with E-state index in [1.54, 1.807) is 17.0 Å². The first-order valence-corrected chi connectivity index (χ1v) is 12.3. The first-order valence-electron chi connectivity index (χ1n) is 10.9. The molecule has 0 amide bonds. The fourth-order valence-corrected chi connectivity index (χ4v) is 4.97. The van der Waals surface area contributed by atoms with Crippen molar-refractivity contribution in [2.24, 2.45) is 0 Å². The smallest absolute Gasteiger partial charge is 0.291 e. The van der Waals surface area contributed by atoms with Gasteiger partial charge in [-0.15, -0.1) is 22.9 Å². The van der Waals surface area contributed by atoms with Crippen LogP contribution in [0.25, 0.3) is 22.0 Å². The average Bonchev–Trinajstić information content (AvgIpc) is 3.52. The van der Waals surface area contributed by atoms with Crippen LogP contribution >= 0.6 is 22.9 Å². The summed E-state index contributed by atoms with van der Waals surface area (Å²) in [6, 6.07) is 16.1. The summed E-state index contributed by atoms with van der Waals surface area (Å²) in [5.74, 6) is 1.04. The molecule has 0 aliphatic carbocycles. The van der Waals surface area contributed by atoms with Gasteiger partial charge in [0, 0.05) is 42.3 Å². The molecule has 0 atom stereocenters. The Morgan fingerprint density at radius 1 is 1.15 bits per heavy atom. The first-order chi connectivity index (χ1) is 16.2. The van der Waals surface area contributed by atoms with E-state index >= 15 is 0 Å². The number of nitrogens with zero attached hydrogens (tertiary/aromatic N) is 3. The van der Waals surface area contributed by atoms with Crippen LogP contribution in [0, 0.1) is 0 Å². The molecule has 0 radical (unpaired) electrons. The molecule has 0 spiro atoms. The Labute approximate surface area is 201 Å². The maximum atomic E-state index is 13.0. The number of alkyl halides is 1. The molecule has 5 rings (SSSR count). The summed E-state index contributed by atoms with van der Waals surface area (Å²) < 4.78 is 13.1. The number of thiazole rings is 1. The van der Waals surface area contributed by atoms with E-state index < -0.39 is 0 Å². The van der Waals surface area contributed by atoms with Gasteiger partial charge in [-0.05, 0) is 35.4 Å². The quantitative estimate of drug-likeness (QED) is 0.351. The molecular weight excluding hydrogens is 458 g/mol. The normalized spacial score (nSPS) is 14.6. The van der Waals surface area contributed by atoms with Crippen LogP contribution in [-0.2, 0) is 10.6 Å². The monoisotopic (exact) mass is 481 g/mol. The summed E-state index contributed by atoms with van der Waals surface area (Å²) in [6.45, 7) is 5.01. The van der Waals surface area contributed by atoms with Gasteiger partial charge < -0.3 is 9.47 Å². The molecule has 1 aliphatic rings. The number of morpholine rings is 1. The summed E-state index contributed by atoms with van der Waals surface area (Å²) in [6.07, 6.45) is 3.47. The Bertz CT molecular complexity index is 1260. The maximum Gasteiger partial charge on any atom is 0.291 e. The van der Waals surface area contributed by atoms with Crippen molar-refractivity contribution in [2.45, 2.75) is 5.88 Å². The van der Waals surface area contributed by atoms with Crippen molar-refractivity contribution in [2.75, 3.05) is 39.5 Å². The minimum atomic E-state index is -0.149. The summed E-state index contributed by atoms with van der Waals surface area (Å²) in [4.78, 5) is 20.5. The third-order valence-electron chi connectivity index (χ3n) is 5.74. The lowest BCUT2D eigenvalue weighted by Gasteiger charge is -2.26. The van der Waals surface area contributed by atoms with Crippen molar-refractivity contribution in [3.63, 3.8) is 0 Å². The Morgan fingerprint density at radius 2 is 2.00 bits per heavy atom. The van der Waals surface area contributed by atoms with Gasteiger partial charge in [-0.1, -0.05) is 24.3 Å². The van der Waals surface area contributed by atoms with Crippen LogP contribution < -0.4 is 4.74 Å². The van der Waals surface area contributed by atoms with E-state index in [1.807, 2.05) is 30.3 Å². The van der Waals surface area contributed by atoms with E-state index in [9.17, 15) is 4.79 Å². The summed E-state index contributed by atoms with van der Waals surface area (Å²) >= 11 is 7.20. The molecule has 3 heterocycles. The topological polar surface area (TPSA) is 56.6 Å². The number of ether oxygens (including phenoxy) is 2. The van der Waals surface area contributed by atoms with Crippen LogP contribution in [0.5, 0.6) is 5.75 Å². The molecule has 6 nitrogen and oxygen atoms in total. The SMILES string of the molecule is O=C(c1ncc(CCl)s1)n1ccc2c(-c3cccc(OCCN4CCOCC4)c3)cccc21. The molecule has 170 valence electrons. The lowest BCUT2D eigenvalue weighted by atomic mass is 10.0. The van der Waals surface area contributed by atoms with Crippen LogP contribution in [0.3, 0.4) is 0 Å². The molecule has 2 aromatic heterocycles. The van der Waals surface area contributed by atoms with Gasteiger partial charge in [0.2, 0.25) is 0 Å². The predicted molar refractivity (Wildman–Crippen MR) is 132 cm³/mol. The number of aromatic nitrogens is 2. The number of hydrogen-bond acceptors (Lipinski definition) is 6. The standard InChI is InChI=1S/C25H24ClN3O3S/c26-16-20-17-27-24(33-20)25(30)29-8-7-22-21(5-2-6-23(22)29)18-3-1-4-19(15-18)32-14-11-28-9-12-31-13-10-28/h1-8,15,17H,9-14,16H2. The number of rotatable bonds is 7. The number of halogens is 1. The van der Waals surface area contributed by atoms with E-state index in [-0.39, 0.29) is 5.91 Å². The van der Waals surface area contributed by atoms with Crippen molar-refractivity contribution in [3.05, 3.63) is 70.8 Å². The van der Waals surface area contributed by atoms with E-state index in [0.29, 0.717) is 17.5 Å². The van der Waals surface area contributed by atoms with Gasteiger partial charge in [0.1, 0.15) is 12.4 Å². The second-order valence-corrected chi connectivity index (χ2v) is 9.21. The number of fused-ring (bicyclic) bond motifs is 1. The minimum Gasteiger partial charge on any atom is -0.492 e. The van der Waals surface area contributed by atoms with Crippen molar-refractivity contribution in [1.29, 1.82) is 0 Å². The van der Waals surface area contributed by atoms with E-state index in [2.05, 4.69) is 28.1 Å². The molecule has 33 heavy (non-hydrogen) atoms. The zero-order valence-corrected chi connectivity index (χ0v) is 19.6. The summed E-state index contributed by atoms with van der Waals surface area (Å²) in [7, 11) is 0. The van der Waals surface area contributed by atoms with Crippen LogP contribution in [0.4, 0.5) is 0 Å². The largest absolute Gasteiger partial charge is 0.492 e. The molecule has 0 N–H and O–H groups in total. The Balaban J connectivity index is 1.36. The van der Waals surface area contributed by atoms with Crippen molar-refractivity contribution in [1.82, 2.24) is 14.5 Å². The third kappa shape index (κ3) is 4.82. The van der Waals surface area contributed by atoms with Gasteiger partial charge in [0.15, 0.2) is 5.01 Å². The van der Waals surface area contributed by atoms with Gasteiger partial charge in [-0.3, -0.25) is 14.3 Å². The first kappa shape index (κ1) is 22.1. The number of hydrogen-bond donors (Lipinski definition) is 0. The highest BCUT2D eigenvalue weighted by Crippen LogP contribution is 2.32. The van der Waals surface area contributed by atoms with Gasteiger partial charge >= 0.3 is 0 Å². The fraction of sp³-hybridized carbons (Fsp3) is 0.280. The fourth-order valence-electron chi connectivity index (χ4n) is 4.04. The maximum absolute atomic E-state index is 13.0. The molecular formula is C25H24ClN3O3S. The summed E-state index contributed by atoms with van der Waals surface area (Å²) in [5.41, 5.74) is 2.95. The molecule has 0 bridgehead atoms. The minimum absolute atomic E-state index is 0.149. The molecule has 4 aromatic rings. The van der Waals surface area contributed by atoms with Crippen molar-refractivity contribution in [3.8, 4) is 16.9 Å². The van der Waals surface area contributed by atoms with Gasteiger partial charge in [-0.25, -0.2) is 4.98 Å². The van der Waals surface area contributed by atoms with E-state index in [0.717, 1.165) is 65.5 Å². The number of benzene rings is 2. The van der Waals surface area contributed by atoms with Crippen LogP contribution in [0.1, 0.15) is 14.7 Å². The third-order valence-corrected chi connectivity index (χ3v) is 7.18. The highest BCUT2D eigenvalue weighted by atomic mass is 35.5. The average molecular weight is 482 g/mol. The van der Waals surface area contributed by atoms with Gasteiger partial charge in [0.25, 0.3) is 5.91 Å². The highest BCUT2D eigenvalue weighted by molar-refractivity contribution is 7.13. The van der Waals surface area contributed by atoms with E-state index in [4.69, 9.17) is 21.1 Å². The zero-order chi connectivity index (χ0) is 22.6. The number of carbonyl (C=O) groups is 1. The molecule has 2 aromatic carbocycles. The van der Waals surface area contributed by atoms with Crippen LogP contribution in [0.2, 0.25) is 0 Å². The van der Waals surface area contributed by atoms with Crippen molar-refractivity contribution >= 4 is 39.7 Å². The van der Waals surface area contributed by atoms with Gasteiger partial charge in [0.05, 0.1) is 24.6 Å². The molecule has 0 unspecified atom stereocenters. The zero-order valence-electron chi connectivity index (χ0n) is 18.1. The lowest BCUT2D eigenvalue weighted by Crippen LogP contribution is -2.38. The second-order valence-electron chi connectivity index (χ2n) is 7.82. The molecule has 1 saturated heterocycles. The van der Waals surface area contributed by atoms with Gasteiger partial charge in [-0.2, -0.15) is 0 Å². The van der Waals surface area contributed by atoms with Crippen LogP contribution in [-0.4, -0.2) is 59.8 Å². The Kier molecular flexibility index (Phi) is 6.73. The second kappa shape index (κ2) is 10.1. The van der Waals surface area contributed by atoms with Crippen LogP contribution in [0.15, 0.2) is 60.9 Å². The lowest BCUT2D eigenvalue weighted by molar-refractivity contribution is 0.0322. The van der Waals surface area contributed by atoms with E-state index in [1.165, 1.54) is 11.3 Å². The molecule has 1 fully saturated rings. The molecule has 1 aliphatic heterocycles. The predicted octanol–water partition coefficient (Wildman–Crippen LogP) is 4.90. The molecule has 0 saturated carbocycles. The molecule has 8 heteroatoms. The highest BCUT2D eigenvalue weighted by Gasteiger charge is 2.17. The Hall–Kier alpha value is -2.71. The summed E-state index contributed by atoms with van der Waals surface area (Å²) in [5, 5.41) is 1.44. The Morgan fingerprint density at radius 3 is 2.82 bits per heavy atom.